The fraction of sp³-hybridized carbons (Fsp3) is 0.294. The van der Waals surface area contributed by atoms with Crippen molar-refractivity contribution in [3.8, 4) is 11.8 Å². The molecule has 1 aromatic carbocycles. The van der Waals surface area contributed by atoms with Gasteiger partial charge in [0.15, 0.2) is 0 Å². The summed E-state index contributed by atoms with van der Waals surface area (Å²) in [6, 6.07) is 15.3. The molecule has 0 atom stereocenters. The van der Waals surface area contributed by atoms with Crippen molar-refractivity contribution in [1.29, 1.82) is 5.26 Å². The molecule has 2 rings (SSSR count). The van der Waals surface area contributed by atoms with E-state index in [0.717, 1.165) is 31.0 Å². The van der Waals surface area contributed by atoms with Gasteiger partial charge in [0.1, 0.15) is 5.75 Å². The van der Waals surface area contributed by atoms with Crippen LogP contribution in [0.2, 0.25) is 0 Å². The first kappa shape index (κ1) is 15.0. The van der Waals surface area contributed by atoms with Gasteiger partial charge in [-0.25, -0.2) is 0 Å². The number of hydrogen-bond donors (Lipinski definition) is 0. The summed E-state index contributed by atoms with van der Waals surface area (Å²) in [7, 11) is 2.07. The van der Waals surface area contributed by atoms with Gasteiger partial charge < -0.3 is 9.64 Å². The van der Waals surface area contributed by atoms with Crippen LogP contribution in [-0.4, -0.2) is 30.1 Å². The topological polar surface area (TPSA) is 49.1 Å². The Morgan fingerprint density at radius 2 is 2.14 bits per heavy atom. The Bertz CT molecular complexity index is 592. The molecule has 0 spiro atoms. The summed E-state index contributed by atoms with van der Waals surface area (Å²) in [5.74, 6) is 0.751. The molecular weight excluding hydrogens is 262 g/mol. The highest BCUT2D eigenvalue weighted by Gasteiger charge is 2.01. The fourth-order valence-corrected chi connectivity index (χ4v) is 2.03. The first-order valence-electron chi connectivity index (χ1n) is 6.99. The molecule has 0 radical (unpaired) electrons. The molecule has 1 heterocycles. The molecule has 0 saturated carbocycles. The molecule has 0 saturated heterocycles. The lowest BCUT2D eigenvalue weighted by atomic mass is 10.2. The van der Waals surface area contributed by atoms with E-state index in [1.54, 1.807) is 12.1 Å². The minimum absolute atomic E-state index is 0.625. The Morgan fingerprint density at radius 1 is 1.24 bits per heavy atom. The Morgan fingerprint density at radius 3 is 2.90 bits per heavy atom. The van der Waals surface area contributed by atoms with Crippen molar-refractivity contribution in [2.24, 2.45) is 0 Å². The van der Waals surface area contributed by atoms with Crippen LogP contribution in [0.3, 0.4) is 0 Å². The predicted molar refractivity (Wildman–Crippen MR) is 81.8 cm³/mol. The van der Waals surface area contributed by atoms with E-state index in [1.165, 1.54) is 0 Å². The molecule has 2 aromatic rings. The zero-order valence-electron chi connectivity index (χ0n) is 12.2. The number of nitrogens with zero attached hydrogens (tertiary/aromatic N) is 3. The van der Waals surface area contributed by atoms with Gasteiger partial charge in [-0.05, 0) is 43.8 Å². The smallest absolute Gasteiger partial charge is 0.120 e. The van der Waals surface area contributed by atoms with Gasteiger partial charge in [0.25, 0.3) is 0 Å². The highest BCUT2D eigenvalue weighted by Crippen LogP contribution is 2.12. The minimum Gasteiger partial charge on any atom is -0.494 e. The molecule has 0 unspecified atom stereocenters. The van der Waals surface area contributed by atoms with Gasteiger partial charge in [0, 0.05) is 19.3 Å². The Kier molecular flexibility index (Phi) is 5.74. The van der Waals surface area contributed by atoms with Gasteiger partial charge in [0.2, 0.25) is 0 Å². The molecule has 0 N–H and O–H groups in total. The highest BCUT2D eigenvalue weighted by molar-refractivity contribution is 5.36. The third-order valence-corrected chi connectivity index (χ3v) is 3.07. The van der Waals surface area contributed by atoms with Crippen LogP contribution in [0.5, 0.6) is 5.75 Å². The fourth-order valence-electron chi connectivity index (χ4n) is 2.03. The van der Waals surface area contributed by atoms with E-state index in [9.17, 15) is 0 Å². The molecule has 108 valence electrons. The third-order valence-electron chi connectivity index (χ3n) is 3.07. The number of hydrogen-bond acceptors (Lipinski definition) is 4. The lowest BCUT2D eigenvalue weighted by Crippen LogP contribution is -2.21. The minimum atomic E-state index is 0.625. The normalized spacial score (nSPS) is 10.3. The molecule has 0 aliphatic rings. The van der Waals surface area contributed by atoms with Gasteiger partial charge in [0.05, 0.1) is 23.9 Å². The lowest BCUT2D eigenvalue weighted by Gasteiger charge is -2.16. The van der Waals surface area contributed by atoms with Gasteiger partial charge in [-0.1, -0.05) is 12.1 Å². The molecule has 0 aliphatic carbocycles. The van der Waals surface area contributed by atoms with Crippen molar-refractivity contribution < 1.29 is 4.74 Å². The summed E-state index contributed by atoms with van der Waals surface area (Å²) in [6.07, 6.45) is 2.74. The third kappa shape index (κ3) is 5.25. The number of rotatable bonds is 7. The maximum atomic E-state index is 8.83. The second-order valence-corrected chi connectivity index (χ2v) is 4.90. The van der Waals surface area contributed by atoms with E-state index in [1.807, 2.05) is 36.5 Å². The number of benzene rings is 1. The van der Waals surface area contributed by atoms with Crippen LogP contribution in [0.4, 0.5) is 0 Å². The average Bonchev–Trinajstić information content (AvgIpc) is 2.53. The first-order valence-corrected chi connectivity index (χ1v) is 6.99. The second kappa shape index (κ2) is 8.03. The van der Waals surface area contributed by atoms with Crippen LogP contribution in [-0.2, 0) is 6.54 Å². The molecule has 4 nitrogen and oxygen atoms in total. The van der Waals surface area contributed by atoms with Crippen LogP contribution in [0.25, 0.3) is 0 Å². The zero-order valence-corrected chi connectivity index (χ0v) is 12.2. The predicted octanol–water partition coefficient (Wildman–Crippen LogP) is 2.85. The number of pyridine rings is 1. The van der Waals surface area contributed by atoms with Crippen molar-refractivity contribution in [1.82, 2.24) is 9.88 Å². The van der Waals surface area contributed by atoms with E-state index in [-0.39, 0.29) is 0 Å². The van der Waals surface area contributed by atoms with Crippen LogP contribution in [0.15, 0.2) is 48.7 Å². The number of ether oxygens (including phenoxy) is 1. The van der Waals surface area contributed by atoms with E-state index in [4.69, 9.17) is 10.00 Å². The van der Waals surface area contributed by atoms with Crippen molar-refractivity contribution in [3.63, 3.8) is 0 Å². The SMILES string of the molecule is CN(CCCOc1cccc(C#N)c1)Cc1ccccn1. The Labute approximate surface area is 125 Å². The maximum Gasteiger partial charge on any atom is 0.120 e. The first-order chi connectivity index (χ1) is 10.3. The van der Waals surface area contributed by atoms with Crippen LogP contribution in [0.1, 0.15) is 17.7 Å². The van der Waals surface area contributed by atoms with Crippen molar-refractivity contribution >= 4 is 0 Å². The second-order valence-electron chi connectivity index (χ2n) is 4.90. The summed E-state index contributed by atoms with van der Waals surface area (Å²) < 4.78 is 5.66. The van der Waals surface area contributed by atoms with Crippen LogP contribution in [0, 0.1) is 11.3 Å². The van der Waals surface area contributed by atoms with E-state index < -0.39 is 0 Å². The molecule has 0 bridgehead atoms. The summed E-state index contributed by atoms with van der Waals surface area (Å²) in [5, 5.41) is 8.83. The van der Waals surface area contributed by atoms with Crippen LogP contribution < -0.4 is 4.74 Å². The molecule has 21 heavy (non-hydrogen) atoms. The van der Waals surface area contributed by atoms with Gasteiger partial charge in [-0.2, -0.15) is 5.26 Å². The van der Waals surface area contributed by atoms with E-state index >= 15 is 0 Å². The maximum absolute atomic E-state index is 8.83. The highest BCUT2D eigenvalue weighted by atomic mass is 16.5. The Hall–Kier alpha value is -2.38. The van der Waals surface area contributed by atoms with Crippen molar-refractivity contribution in [3.05, 3.63) is 59.9 Å². The molecule has 0 aliphatic heterocycles. The number of aromatic nitrogens is 1. The monoisotopic (exact) mass is 281 g/mol. The zero-order chi connectivity index (χ0) is 14.9. The van der Waals surface area contributed by atoms with Gasteiger partial charge in [-0.15, -0.1) is 0 Å². The summed E-state index contributed by atoms with van der Waals surface area (Å²) in [6.45, 7) is 2.42. The molecular formula is C17H19N3O. The summed E-state index contributed by atoms with van der Waals surface area (Å²) in [5.41, 5.74) is 1.70. The summed E-state index contributed by atoms with van der Waals surface area (Å²) >= 11 is 0. The molecule has 0 amide bonds. The lowest BCUT2D eigenvalue weighted by molar-refractivity contribution is 0.257. The van der Waals surface area contributed by atoms with Gasteiger partial charge in [-0.3, -0.25) is 4.98 Å². The largest absolute Gasteiger partial charge is 0.494 e. The summed E-state index contributed by atoms with van der Waals surface area (Å²) in [4.78, 5) is 6.53. The average molecular weight is 281 g/mol. The van der Waals surface area contributed by atoms with E-state index in [2.05, 4.69) is 23.0 Å². The van der Waals surface area contributed by atoms with E-state index in [0.29, 0.717) is 12.2 Å². The van der Waals surface area contributed by atoms with Crippen LogP contribution >= 0.6 is 0 Å². The van der Waals surface area contributed by atoms with Crippen molar-refractivity contribution in [2.45, 2.75) is 13.0 Å². The number of nitriles is 1. The quantitative estimate of drug-likeness (QED) is 0.732. The molecule has 4 heteroatoms. The van der Waals surface area contributed by atoms with Crippen molar-refractivity contribution in [2.75, 3.05) is 20.2 Å². The Balaban J connectivity index is 1.68. The van der Waals surface area contributed by atoms with Gasteiger partial charge >= 0.3 is 0 Å². The molecule has 0 fully saturated rings. The standard InChI is InChI=1S/C17H19N3O/c1-20(14-16-7-2-3-9-19-16)10-5-11-21-17-8-4-6-15(12-17)13-18/h2-4,6-9,12H,5,10-11,14H2,1H3. The molecule has 1 aromatic heterocycles.